The average molecular weight is 366 g/mol. The molecule has 136 valence electrons. The molecule has 8 nitrogen and oxygen atoms in total. The Balaban J connectivity index is 2.14. The lowest BCUT2D eigenvalue weighted by Gasteiger charge is -2.08. The second kappa shape index (κ2) is 8.01. The Hall–Kier alpha value is -3.56. The summed E-state index contributed by atoms with van der Waals surface area (Å²) in [5.74, 6) is -1.96. The van der Waals surface area contributed by atoms with Crippen LogP contribution in [0.5, 0.6) is 5.75 Å². The Morgan fingerprint density at radius 2 is 1.88 bits per heavy atom. The SMILES string of the molecule is NC(=O)c1ccc(COC(=O)c2cccc(OC(F)F)c2)c([N+](=O)[O-])c1. The Labute approximate surface area is 145 Å². The summed E-state index contributed by atoms with van der Waals surface area (Å²) < 4.78 is 33.5. The summed E-state index contributed by atoms with van der Waals surface area (Å²) in [6, 6.07) is 8.39. The Morgan fingerprint density at radius 1 is 1.15 bits per heavy atom. The largest absolute Gasteiger partial charge is 0.457 e. The van der Waals surface area contributed by atoms with Gasteiger partial charge in [0.2, 0.25) is 5.91 Å². The van der Waals surface area contributed by atoms with Gasteiger partial charge in [-0.2, -0.15) is 8.78 Å². The molecule has 0 bridgehead atoms. The lowest BCUT2D eigenvalue weighted by molar-refractivity contribution is -0.385. The van der Waals surface area contributed by atoms with Gasteiger partial charge >= 0.3 is 12.6 Å². The summed E-state index contributed by atoms with van der Waals surface area (Å²) in [5.41, 5.74) is 4.53. The molecule has 10 heteroatoms. The van der Waals surface area contributed by atoms with Crippen LogP contribution in [0, 0.1) is 10.1 Å². The van der Waals surface area contributed by atoms with Gasteiger partial charge in [-0.25, -0.2) is 4.79 Å². The van der Waals surface area contributed by atoms with Crippen molar-refractivity contribution in [2.45, 2.75) is 13.2 Å². The third kappa shape index (κ3) is 4.72. The number of carbonyl (C=O) groups is 2. The van der Waals surface area contributed by atoms with Gasteiger partial charge < -0.3 is 15.2 Å². The number of nitro groups is 1. The van der Waals surface area contributed by atoms with Gasteiger partial charge in [0, 0.05) is 11.6 Å². The van der Waals surface area contributed by atoms with E-state index in [4.69, 9.17) is 10.5 Å². The highest BCUT2D eigenvalue weighted by atomic mass is 19.3. The standard InChI is InChI=1S/C16H12F2N2O6/c17-16(18)26-12-3-1-2-10(6-12)15(22)25-8-11-5-4-9(14(19)21)7-13(11)20(23)24/h1-7,16H,8H2,(H2,19,21). The molecule has 0 aliphatic carbocycles. The Bertz CT molecular complexity index is 856. The van der Waals surface area contributed by atoms with E-state index in [1.54, 1.807) is 0 Å². The van der Waals surface area contributed by atoms with Crippen molar-refractivity contribution in [2.24, 2.45) is 5.73 Å². The maximum atomic E-state index is 12.2. The second-order valence-electron chi connectivity index (χ2n) is 4.95. The third-order valence-electron chi connectivity index (χ3n) is 3.22. The van der Waals surface area contributed by atoms with E-state index in [2.05, 4.69) is 4.74 Å². The minimum atomic E-state index is -3.05. The molecule has 26 heavy (non-hydrogen) atoms. The molecule has 0 fully saturated rings. The number of hydrogen-bond donors (Lipinski definition) is 1. The normalized spacial score (nSPS) is 10.4. The number of hydrogen-bond acceptors (Lipinski definition) is 6. The van der Waals surface area contributed by atoms with Crippen LogP contribution in [0.4, 0.5) is 14.5 Å². The van der Waals surface area contributed by atoms with Gasteiger partial charge in [-0.15, -0.1) is 0 Å². The van der Waals surface area contributed by atoms with Gasteiger partial charge in [-0.05, 0) is 30.3 Å². The minimum Gasteiger partial charge on any atom is -0.457 e. The molecule has 0 aromatic heterocycles. The van der Waals surface area contributed by atoms with E-state index in [1.807, 2.05) is 0 Å². The topological polar surface area (TPSA) is 122 Å². The second-order valence-corrected chi connectivity index (χ2v) is 4.95. The minimum absolute atomic E-state index is 0.0355. The van der Waals surface area contributed by atoms with Crippen molar-refractivity contribution in [1.29, 1.82) is 0 Å². The predicted molar refractivity (Wildman–Crippen MR) is 83.8 cm³/mol. The van der Waals surface area contributed by atoms with Crippen molar-refractivity contribution in [2.75, 3.05) is 0 Å². The first-order valence-corrected chi connectivity index (χ1v) is 7.07. The van der Waals surface area contributed by atoms with Crippen molar-refractivity contribution in [3.63, 3.8) is 0 Å². The summed E-state index contributed by atoms with van der Waals surface area (Å²) >= 11 is 0. The zero-order valence-electron chi connectivity index (χ0n) is 13.1. The van der Waals surface area contributed by atoms with Crippen molar-refractivity contribution in [3.05, 3.63) is 69.3 Å². The van der Waals surface area contributed by atoms with Crippen molar-refractivity contribution in [3.8, 4) is 5.75 Å². The summed E-state index contributed by atoms with van der Waals surface area (Å²) in [7, 11) is 0. The number of primary amides is 1. The zero-order valence-corrected chi connectivity index (χ0v) is 13.1. The number of benzene rings is 2. The molecule has 0 saturated heterocycles. The summed E-state index contributed by atoms with van der Waals surface area (Å²) in [6.45, 7) is -3.51. The number of nitrogens with two attached hydrogens (primary N) is 1. The average Bonchev–Trinajstić information content (AvgIpc) is 2.58. The van der Waals surface area contributed by atoms with E-state index in [0.29, 0.717) is 0 Å². The molecule has 2 rings (SSSR count). The van der Waals surface area contributed by atoms with Crippen LogP contribution in [-0.4, -0.2) is 23.4 Å². The third-order valence-corrected chi connectivity index (χ3v) is 3.22. The van der Waals surface area contributed by atoms with Gasteiger partial charge in [0.05, 0.1) is 16.1 Å². The first-order chi connectivity index (χ1) is 12.3. The van der Waals surface area contributed by atoms with Crippen LogP contribution >= 0.6 is 0 Å². The molecule has 1 amide bonds. The van der Waals surface area contributed by atoms with Crippen LogP contribution in [0.3, 0.4) is 0 Å². The van der Waals surface area contributed by atoms with Gasteiger partial charge in [-0.1, -0.05) is 6.07 Å². The van der Waals surface area contributed by atoms with Crippen molar-refractivity contribution < 1.29 is 32.8 Å². The van der Waals surface area contributed by atoms with Crippen molar-refractivity contribution in [1.82, 2.24) is 0 Å². The van der Waals surface area contributed by atoms with Crippen LogP contribution < -0.4 is 10.5 Å². The van der Waals surface area contributed by atoms with Crippen LogP contribution in [-0.2, 0) is 11.3 Å². The first kappa shape index (κ1) is 18.8. The molecule has 0 heterocycles. The Kier molecular flexibility index (Phi) is 5.78. The highest BCUT2D eigenvalue weighted by Gasteiger charge is 2.18. The lowest BCUT2D eigenvalue weighted by Crippen LogP contribution is -2.12. The van der Waals surface area contributed by atoms with Crippen LogP contribution in [0.15, 0.2) is 42.5 Å². The molecule has 0 saturated carbocycles. The fraction of sp³-hybridized carbons (Fsp3) is 0.125. The maximum absolute atomic E-state index is 12.2. The van der Waals surface area contributed by atoms with Gasteiger partial charge in [0.1, 0.15) is 12.4 Å². The Morgan fingerprint density at radius 3 is 2.50 bits per heavy atom. The molecule has 2 N–H and O–H groups in total. The number of carbonyl (C=O) groups excluding carboxylic acids is 2. The highest BCUT2D eigenvalue weighted by molar-refractivity contribution is 5.93. The molecule has 0 spiro atoms. The first-order valence-electron chi connectivity index (χ1n) is 7.07. The molecule has 0 unspecified atom stereocenters. The van der Waals surface area contributed by atoms with Crippen molar-refractivity contribution >= 4 is 17.6 Å². The monoisotopic (exact) mass is 366 g/mol. The molecule has 0 atom stereocenters. The summed E-state index contributed by atoms with van der Waals surface area (Å²) in [5, 5.41) is 11.1. The van der Waals surface area contributed by atoms with Crippen LogP contribution in [0.2, 0.25) is 0 Å². The fourth-order valence-corrected chi connectivity index (χ4v) is 2.04. The van der Waals surface area contributed by atoms with E-state index in [-0.39, 0.29) is 22.4 Å². The lowest BCUT2D eigenvalue weighted by atomic mass is 10.1. The zero-order chi connectivity index (χ0) is 19.3. The van der Waals surface area contributed by atoms with Crippen LogP contribution in [0.1, 0.15) is 26.3 Å². The van der Waals surface area contributed by atoms with E-state index in [1.165, 1.54) is 30.3 Å². The molecule has 2 aromatic rings. The summed E-state index contributed by atoms with van der Waals surface area (Å²) in [6.07, 6.45) is 0. The molecule has 0 radical (unpaired) electrons. The number of esters is 1. The van der Waals surface area contributed by atoms with E-state index in [0.717, 1.165) is 12.1 Å². The number of halogens is 2. The number of nitrogens with zero attached hydrogens (tertiary/aromatic N) is 1. The molecule has 0 aliphatic rings. The van der Waals surface area contributed by atoms with Gasteiger partial charge in [0.15, 0.2) is 0 Å². The number of alkyl halides is 2. The number of amides is 1. The fourth-order valence-electron chi connectivity index (χ4n) is 2.04. The van der Waals surface area contributed by atoms with E-state index in [9.17, 15) is 28.5 Å². The maximum Gasteiger partial charge on any atom is 0.387 e. The number of nitro benzene ring substituents is 1. The number of ether oxygens (including phenoxy) is 2. The van der Waals surface area contributed by atoms with E-state index >= 15 is 0 Å². The molecular weight excluding hydrogens is 354 g/mol. The molecular formula is C16H12F2N2O6. The quantitative estimate of drug-likeness (QED) is 0.457. The number of rotatable bonds is 7. The highest BCUT2D eigenvalue weighted by Crippen LogP contribution is 2.22. The van der Waals surface area contributed by atoms with Crippen LogP contribution in [0.25, 0.3) is 0 Å². The summed E-state index contributed by atoms with van der Waals surface area (Å²) in [4.78, 5) is 33.4. The van der Waals surface area contributed by atoms with Gasteiger partial charge in [0.25, 0.3) is 5.69 Å². The molecule has 2 aromatic carbocycles. The smallest absolute Gasteiger partial charge is 0.387 e. The predicted octanol–water partition coefficient (Wildman–Crippen LogP) is 2.65. The molecule has 0 aliphatic heterocycles. The van der Waals surface area contributed by atoms with E-state index < -0.39 is 35.7 Å². The van der Waals surface area contributed by atoms with Gasteiger partial charge in [-0.3, -0.25) is 14.9 Å².